The largest absolute Gasteiger partial charge is 0.497 e. The van der Waals surface area contributed by atoms with Gasteiger partial charge in [-0.05, 0) is 38.1 Å². The van der Waals surface area contributed by atoms with Crippen molar-refractivity contribution >= 4 is 5.91 Å². The van der Waals surface area contributed by atoms with Crippen LogP contribution >= 0.6 is 0 Å². The van der Waals surface area contributed by atoms with Gasteiger partial charge in [0.1, 0.15) is 17.1 Å². The number of hydrogen-bond donors (Lipinski definition) is 1. The second-order valence-electron chi connectivity index (χ2n) is 7.41. The molecule has 0 saturated carbocycles. The van der Waals surface area contributed by atoms with Gasteiger partial charge in [-0.3, -0.25) is 4.79 Å². The van der Waals surface area contributed by atoms with E-state index in [0.29, 0.717) is 40.7 Å². The van der Waals surface area contributed by atoms with Crippen LogP contribution in [-0.2, 0) is 0 Å². The minimum absolute atomic E-state index is 0.216. The molecule has 0 radical (unpaired) electrons. The molecular weight excluding hydrogens is 374 g/mol. The second kappa shape index (κ2) is 8.11. The van der Waals surface area contributed by atoms with Crippen LogP contribution < -0.4 is 29.0 Å². The highest BCUT2D eigenvalue weighted by Crippen LogP contribution is 2.42. The minimum Gasteiger partial charge on any atom is -0.497 e. The number of rotatable bonds is 6. The van der Waals surface area contributed by atoms with Crippen LogP contribution in [0.1, 0.15) is 42.2 Å². The molecule has 1 amide bonds. The molecule has 1 aliphatic rings. The summed E-state index contributed by atoms with van der Waals surface area (Å²) in [6, 6.07) is 8.68. The molecule has 7 heteroatoms. The van der Waals surface area contributed by atoms with Crippen LogP contribution in [0, 0.1) is 0 Å². The van der Waals surface area contributed by atoms with Gasteiger partial charge in [0.05, 0.1) is 34.5 Å². The van der Waals surface area contributed by atoms with Crippen molar-refractivity contribution in [3.05, 3.63) is 41.5 Å². The molecule has 2 aromatic rings. The Morgan fingerprint density at radius 3 is 2.21 bits per heavy atom. The molecule has 1 unspecified atom stereocenters. The number of ether oxygens (including phenoxy) is 5. The quantitative estimate of drug-likeness (QED) is 0.795. The van der Waals surface area contributed by atoms with Crippen molar-refractivity contribution in [3.63, 3.8) is 0 Å². The number of carbonyl (C=O) groups is 1. The van der Waals surface area contributed by atoms with Crippen LogP contribution in [0.5, 0.6) is 28.7 Å². The molecule has 0 spiro atoms. The number of hydrogen-bond acceptors (Lipinski definition) is 6. The predicted molar refractivity (Wildman–Crippen MR) is 109 cm³/mol. The Hall–Kier alpha value is -3.09. The minimum atomic E-state index is -0.438. The Balaban J connectivity index is 1.93. The van der Waals surface area contributed by atoms with Crippen molar-refractivity contribution in [1.29, 1.82) is 0 Å². The van der Waals surface area contributed by atoms with Crippen molar-refractivity contribution in [3.8, 4) is 28.7 Å². The zero-order valence-corrected chi connectivity index (χ0v) is 17.6. The number of fused-ring (bicyclic) bond motifs is 1. The van der Waals surface area contributed by atoms with Crippen molar-refractivity contribution in [2.45, 2.75) is 31.9 Å². The second-order valence-corrected chi connectivity index (χ2v) is 7.41. The third-order valence-electron chi connectivity index (χ3n) is 4.91. The maximum atomic E-state index is 13.1. The van der Waals surface area contributed by atoms with Gasteiger partial charge in [0.2, 0.25) is 5.75 Å². The molecule has 0 bridgehead atoms. The number of benzene rings is 2. The third kappa shape index (κ3) is 4.18. The van der Waals surface area contributed by atoms with Crippen LogP contribution in [0.3, 0.4) is 0 Å². The maximum Gasteiger partial charge on any atom is 0.252 e. The summed E-state index contributed by atoms with van der Waals surface area (Å²) in [4.78, 5) is 13.1. The van der Waals surface area contributed by atoms with E-state index in [0.717, 1.165) is 5.56 Å². The van der Waals surface area contributed by atoms with Crippen molar-refractivity contribution in [2.75, 3.05) is 28.4 Å². The molecule has 1 heterocycles. The molecule has 1 atom stereocenters. The monoisotopic (exact) mass is 401 g/mol. The van der Waals surface area contributed by atoms with Gasteiger partial charge in [-0.1, -0.05) is 0 Å². The van der Waals surface area contributed by atoms with Gasteiger partial charge in [0.25, 0.3) is 5.91 Å². The van der Waals surface area contributed by atoms with E-state index < -0.39 is 5.60 Å². The zero-order valence-electron chi connectivity index (χ0n) is 17.6. The summed E-state index contributed by atoms with van der Waals surface area (Å²) >= 11 is 0. The highest BCUT2D eigenvalue weighted by atomic mass is 16.5. The fraction of sp³-hybridized carbons (Fsp3) is 0.409. The summed E-state index contributed by atoms with van der Waals surface area (Å²) in [5, 5.41) is 3.11. The SMILES string of the molecule is COc1ccc2c(c1)OC(C)(C)CC2NC(=O)c1cc(OC)c(OC)c(OC)c1. The first-order valence-corrected chi connectivity index (χ1v) is 9.29. The van der Waals surface area contributed by atoms with E-state index in [1.165, 1.54) is 21.3 Å². The molecule has 2 aromatic carbocycles. The topological polar surface area (TPSA) is 75.3 Å². The molecule has 3 rings (SSSR count). The van der Waals surface area contributed by atoms with Crippen LogP contribution in [0.4, 0.5) is 0 Å². The highest BCUT2D eigenvalue weighted by Gasteiger charge is 2.35. The Morgan fingerprint density at radius 1 is 1.00 bits per heavy atom. The van der Waals surface area contributed by atoms with Gasteiger partial charge in [-0.2, -0.15) is 0 Å². The molecule has 7 nitrogen and oxygen atoms in total. The van der Waals surface area contributed by atoms with Gasteiger partial charge < -0.3 is 29.0 Å². The Kier molecular flexibility index (Phi) is 5.77. The van der Waals surface area contributed by atoms with Crippen molar-refractivity contribution in [2.24, 2.45) is 0 Å². The molecule has 0 aliphatic carbocycles. The molecule has 1 N–H and O–H groups in total. The van der Waals surface area contributed by atoms with Gasteiger partial charge in [-0.25, -0.2) is 0 Å². The van der Waals surface area contributed by atoms with E-state index in [1.807, 2.05) is 32.0 Å². The van der Waals surface area contributed by atoms with E-state index in [9.17, 15) is 4.79 Å². The lowest BCUT2D eigenvalue weighted by molar-refractivity contribution is 0.0617. The fourth-order valence-electron chi connectivity index (χ4n) is 3.54. The van der Waals surface area contributed by atoms with Crippen LogP contribution in [0.2, 0.25) is 0 Å². The third-order valence-corrected chi connectivity index (χ3v) is 4.91. The lowest BCUT2D eigenvalue weighted by Crippen LogP contribution is -2.41. The molecule has 156 valence electrons. The first-order valence-electron chi connectivity index (χ1n) is 9.29. The summed E-state index contributed by atoms with van der Waals surface area (Å²) in [7, 11) is 6.17. The maximum absolute atomic E-state index is 13.1. The average molecular weight is 401 g/mol. The first-order chi connectivity index (χ1) is 13.8. The molecule has 29 heavy (non-hydrogen) atoms. The molecule has 0 aromatic heterocycles. The van der Waals surface area contributed by atoms with Gasteiger partial charge in [0.15, 0.2) is 11.5 Å². The molecule has 0 fully saturated rings. The molecule has 1 aliphatic heterocycles. The lowest BCUT2D eigenvalue weighted by atomic mass is 9.89. The van der Waals surface area contributed by atoms with Gasteiger partial charge >= 0.3 is 0 Å². The van der Waals surface area contributed by atoms with Gasteiger partial charge in [-0.15, -0.1) is 0 Å². The van der Waals surface area contributed by atoms with Crippen LogP contribution in [0.15, 0.2) is 30.3 Å². The zero-order chi connectivity index (χ0) is 21.2. The standard InChI is InChI=1S/C22H27NO6/c1-22(2)12-16(15-8-7-14(25-3)11-17(15)29-22)23-21(24)13-9-18(26-4)20(28-6)19(10-13)27-5/h7-11,16H,12H2,1-6H3,(H,23,24). The summed E-state index contributed by atoms with van der Waals surface area (Å²) in [6.45, 7) is 3.99. The Morgan fingerprint density at radius 2 is 1.66 bits per heavy atom. The van der Waals surface area contributed by atoms with Crippen LogP contribution in [-0.4, -0.2) is 39.9 Å². The van der Waals surface area contributed by atoms with E-state index in [2.05, 4.69) is 5.32 Å². The number of nitrogens with one attached hydrogen (secondary N) is 1. The van der Waals surface area contributed by atoms with E-state index in [-0.39, 0.29) is 11.9 Å². The summed E-state index contributed by atoms with van der Waals surface area (Å²) in [5.41, 5.74) is 0.886. The Bertz CT molecular complexity index is 883. The number of amides is 1. The van der Waals surface area contributed by atoms with Gasteiger partial charge in [0, 0.05) is 23.6 Å². The van der Waals surface area contributed by atoms with Crippen molar-refractivity contribution in [1.82, 2.24) is 5.32 Å². The average Bonchev–Trinajstić information content (AvgIpc) is 2.70. The summed E-state index contributed by atoms with van der Waals surface area (Å²) in [6.07, 6.45) is 0.627. The lowest BCUT2D eigenvalue weighted by Gasteiger charge is -2.38. The van der Waals surface area contributed by atoms with Crippen LogP contribution in [0.25, 0.3) is 0 Å². The Labute approximate surface area is 170 Å². The van der Waals surface area contributed by atoms with E-state index in [4.69, 9.17) is 23.7 Å². The van der Waals surface area contributed by atoms with E-state index in [1.54, 1.807) is 19.2 Å². The normalized spacial score (nSPS) is 16.8. The number of methoxy groups -OCH3 is 4. The van der Waals surface area contributed by atoms with E-state index >= 15 is 0 Å². The van der Waals surface area contributed by atoms with Crippen molar-refractivity contribution < 1.29 is 28.5 Å². The summed E-state index contributed by atoms with van der Waals surface area (Å²) < 4.78 is 27.4. The molecule has 0 saturated heterocycles. The highest BCUT2D eigenvalue weighted by molar-refractivity contribution is 5.96. The summed E-state index contributed by atoms with van der Waals surface area (Å²) in [5.74, 6) is 2.46. The molecular formula is C22H27NO6. The predicted octanol–water partition coefficient (Wildman–Crippen LogP) is 3.75. The number of carbonyl (C=O) groups excluding carboxylic acids is 1. The smallest absolute Gasteiger partial charge is 0.252 e. The first kappa shape index (κ1) is 20.6. The fourth-order valence-corrected chi connectivity index (χ4v) is 3.54.